The van der Waals surface area contributed by atoms with Gasteiger partial charge in [-0.1, -0.05) is 0 Å². The van der Waals surface area contributed by atoms with Gasteiger partial charge in [0.25, 0.3) is 0 Å². The maximum absolute atomic E-state index is 13.8. The zero-order chi connectivity index (χ0) is 13.8. The van der Waals surface area contributed by atoms with Crippen molar-refractivity contribution in [2.75, 3.05) is 0 Å². The van der Waals surface area contributed by atoms with Crippen molar-refractivity contribution in [1.29, 1.82) is 0 Å². The second kappa shape index (κ2) is 6.67. The Bertz CT molecular complexity index is 516. The Hall–Kier alpha value is -0.660. The molecule has 4 nitrogen and oxygen atoms in total. The molecule has 2 heterocycles. The van der Waals surface area contributed by atoms with Crippen LogP contribution in [0, 0.1) is 5.92 Å². The second-order valence-corrected chi connectivity index (χ2v) is 12.0. The molecule has 0 fully saturated rings. The van der Waals surface area contributed by atoms with E-state index < -0.39 is 21.9 Å². The first-order valence-corrected chi connectivity index (χ1v) is 11.5. The third-order valence-corrected chi connectivity index (χ3v) is 10.1. The summed E-state index contributed by atoms with van der Waals surface area (Å²) in [6, 6.07) is 0. The second-order valence-electron chi connectivity index (χ2n) is 4.47. The van der Waals surface area contributed by atoms with Crippen molar-refractivity contribution in [3.8, 4) is 0 Å². The van der Waals surface area contributed by atoms with Crippen molar-refractivity contribution in [3.05, 3.63) is 35.6 Å². The van der Waals surface area contributed by atoms with Crippen LogP contribution >= 0.6 is 11.3 Å². The van der Waals surface area contributed by atoms with Gasteiger partial charge in [0.2, 0.25) is 0 Å². The topological polar surface area (TPSA) is 65.2 Å². The van der Waals surface area contributed by atoms with Gasteiger partial charge in [-0.3, -0.25) is 0 Å². The summed E-state index contributed by atoms with van der Waals surface area (Å²) in [4.78, 5) is 15.2. The molecule has 2 N–H and O–H groups in total. The summed E-state index contributed by atoms with van der Waals surface area (Å²) in [6.45, 7) is 2.09. The van der Waals surface area contributed by atoms with Crippen molar-refractivity contribution in [2.24, 2.45) is 11.7 Å². The van der Waals surface area contributed by atoms with E-state index in [1.807, 2.05) is 5.38 Å². The molecule has 1 aromatic heterocycles. The molecule has 1 atom stereocenters. The van der Waals surface area contributed by atoms with Crippen LogP contribution in [-0.2, 0) is 14.3 Å². The normalized spacial score (nSPS) is 16.2. The fourth-order valence-electron chi connectivity index (χ4n) is 1.83. The fraction of sp³-hybridized carbons (Fsp3) is 0.333. The van der Waals surface area contributed by atoms with Gasteiger partial charge in [-0.15, -0.1) is 0 Å². The van der Waals surface area contributed by atoms with Crippen LogP contribution in [0.2, 0.25) is 0 Å². The number of hydrogen-bond donors (Lipinski definition) is 1. The molecular weight excluding hydrogens is 370 g/mol. The average Bonchev–Trinajstić information content (AvgIpc) is 2.98. The van der Waals surface area contributed by atoms with Gasteiger partial charge < -0.3 is 0 Å². The summed E-state index contributed by atoms with van der Waals surface area (Å²) >= 11 is -1.50. The van der Waals surface area contributed by atoms with Crippen LogP contribution in [0.5, 0.6) is 0 Å². The van der Waals surface area contributed by atoms with E-state index in [-0.39, 0.29) is 15.4 Å². The summed E-state index contributed by atoms with van der Waals surface area (Å²) in [5.41, 5.74) is 7.79. The molecule has 0 aliphatic carbocycles. The SMILES string of the molecule is CC(C[C]1=CC=[C](F)[In]1[O]Cc1cscn1)C(N)=O. The van der Waals surface area contributed by atoms with Crippen molar-refractivity contribution in [3.63, 3.8) is 0 Å². The van der Waals surface area contributed by atoms with Crippen molar-refractivity contribution in [1.82, 2.24) is 4.98 Å². The molecule has 0 radical (unpaired) electrons. The molecule has 0 bridgehead atoms. The van der Waals surface area contributed by atoms with Crippen LogP contribution in [-0.4, -0.2) is 32.8 Å². The molecule has 0 saturated carbocycles. The van der Waals surface area contributed by atoms with Crippen molar-refractivity contribution < 1.29 is 12.0 Å². The van der Waals surface area contributed by atoms with Crippen LogP contribution in [0.4, 0.5) is 4.39 Å². The number of carbonyl (C=O) groups is 1. The van der Waals surface area contributed by atoms with Gasteiger partial charge in [0, 0.05) is 0 Å². The van der Waals surface area contributed by atoms with Gasteiger partial charge in [0.1, 0.15) is 0 Å². The molecule has 1 amide bonds. The quantitative estimate of drug-likeness (QED) is 0.817. The molecular formula is C12H14FInN2O2S. The van der Waals surface area contributed by atoms with Gasteiger partial charge >= 0.3 is 123 Å². The van der Waals surface area contributed by atoms with E-state index in [0.29, 0.717) is 13.0 Å². The third-order valence-electron chi connectivity index (χ3n) is 2.95. The number of hydrogen-bond acceptors (Lipinski definition) is 4. The Kier molecular flexibility index (Phi) is 5.18. The van der Waals surface area contributed by atoms with E-state index in [4.69, 9.17) is 8.59 Å². The van der Waals surface area contributed by atoms with Crippen LogP contribution in [0.1, 0.15) is 19.0 Å². The summed E-state index contributed by atoms with van der Waals surface area (Å²) in [6.07, 6.45) is 3.71. The zero-order valence-electron chi connectivity index (χ0n) is 10.5. The van der Waals surface area contributed by atoms with E-state index in [0.717, 1.165) is 9.02 Å². The van der Waals surface area contributed by atoms with Gasteiger partial charge in [-0.2, -0.15) is 0 Å². The summed E-state index contributed by atoms with van der Waals surface area (Å²) < 4.78 is 20.3. The number of rotatable bonds is 6. The maximum atomic E-state index is 13.8. The molecule has 1 aliphatic rings. The van der Waals surface area contributed by atoms with E-state index in [1.165, 1.54) is 17.4 Å². The average molecular weight is 384 g/mol. The van der Waals surface area contributed by atoms with Crippen LogP contribution in [0.15, 0.2) is 30.0 Å². The first kappa shape index (κ1) is 14.7. The van der Waals surface area contributed by atoms with Crippen LogP contribution in [0.25, 0.3) is 0 Å². The number of carbonyl (C=O) groups excluding carboxylic acids is 1. The standard InChI is InChI=1S/C8H10FNO.C4H4NOS.In/c1-7(8(10)11)5-3-2-4-6-9;6-1-4-2-7-3-5-4;/h2,4,7H,5H2,1H3,(H2,10,11);2-3H,1H2;/q;-1;+1. The van der Waals surface area contributed by atoms with Crippen LogP contribution < -0.4 is 5.73 Å². The molecule has 7 heteroatoms. The van der Waals surface area contributed by atoms with E-state index >= 15 is 0 Å². The Balaban J connectivity index is 1.95. The number of allylic oxidation sites excluding steroid dienone is 3. The first-order valence-electron chi connectivity index (χ1n) is 5.92. The summed E-state index contributed by atoms with van der Waals surface area (Å²) in [7, 11) is 0. The number of halogens is 1. The van der Waals surface area contributed by atoms with Crippen LogP contribution in [0.3, 0.4) is 0 Å². The molecule has 100 valence electrons. The predicted molar refractivity (Wildman–Crippen MR) is 72.9 cm³/mol. The number of nitrogens with two attached hydrogens (primary N) is 1. The Morgan fingerprint density at radius 2 is 2.42 bits per heavy atom. The van der Waals surface area contributed by atoms with Crippen molar-refractivity contribution >= 4 is 39.1 Å². The monoisotopic (exact) mass is 384 g/mol. The van der Waals surface area contributed by atoms with Gasteiger partial charge in [0.05, 0.1) is 0 Å². The summed E-state index contributed by atoms with van der Waals surface area (Å²) in [5.74, 6) is -0.648. The van der Waals surface area contributed by atoms with E-state index in [2.05, 4.69) is 4.98 Å². The van der Waals surface area contributed by atoms with Gasteiger partial charge in [-0.05, 0) is 0 Å². The molecule has 1 aliphatic heterocycles. The molecule has 2 rings (SSSR count). The van der Waals surface area contributed by atoms with E-state index in [1.54, 1.807) is 18.5 Å². The van der Waals surface area contributed by atoms with Gasteiger partial charge in [-0.25, -0.2) is 0 Å². The number of aromatic nitrogens is 1. The summed E-state index contributed by atoms with van der Waals surface area (Å²) in [5, 5.41) is 1.89. The molecule has 0 aromatic carbocycles. The molecule has 0 spiro atoms. The van der Waals surface area contributed by atoms with Crippen molar-refractivity contribution in [2.45, 2.75) is 20.0 Å². The predicted octanol–water partition coefficient (Wildman–Crippen LogP) is 2.03. The molecule has 0 saturated heterocycles. The Morgan fingerprint density at radius 1 is 1.63 bits per heavy atom. The minimum atomic E-state index is -2.99. The first-order chi connectivity index (χ1) is 9.08. The number of primary amides is 1. The number of nitrogens with zero attached hydrogens (tertiary/aromatic N) is 1. The Morgan fingerprint density at radius 3 is 3.05 bits per heavy atom. The minimum absolute atomic E-state index is 0.135. The zero-order valence-corrected chi connectivity index (χ0v) is 14.6. The number of thiazole rings is 1. The Labute approximate surface area is 123 Å². The number of amides is 1. The van der Waals surface area contributed by atoms with E-state index in [9.17, 15) is 9.18 Å². The third kappa shape index (κ3) is 3.90. The fourth-order valence-corrected chi connectivity index (χ4v) is 8.58. The molecule has 1 aromatic rings. The molecule has 19 heavy (non-hydrogen) atoms. The van der Waals surface area contributed by atoms with Gasteiger partial charge in [0.15, 0.2) is 0 Å². The molecule has 1 unspecified atom stereocenters.